The Morgan fingerprint density at radius 1 is 1.32 bits per heavy atom. The Morgan fingerprint density at radius 2 is 2.16 bits per heavy atom. The summed E-state index contributed by atoms with van der Waals surface area (Å²) in [6, 6.07) is 11.0. The third kappa shape index (κ3) is 4.02. The van der Waals surface area contributed by atoms with Crippen LogP contribution in [-0.4, -0.2) is 42.2 Å². The van der Waals surface area contributed by atoms with E-state index in [-0.39, 0.29) is 23.5 Å². The second-order valence-electron chi connectivity index (χ2n) is 6.13. The first kappa shape index (κ1) is 17.1. The second-order valence-corrected chi connectivity index (χ2v) is 6.13. The normalized spacial score (nSPS) is 17.2. The maximum atomic E-state index is 13.3. The van der Waals surface area contributed by atoms with E-state index in [4.69, 9.17) is 4.74 Å². The quantitative estimate of drug-likeness (QED) is 0.894. The van der Waals surface area contributed by atoms with Gasteiger partial charge < -0.3 is 20.1 Å². The fraction of sp³-hybridized carbons (Fsp3) is 0.316. The summed E-state index contributed by atoms with van der Waals surface area (Å²) in [5.41, 5.74) is 1.13. The van der Waals surface area contributed by atoms with Gasteiger partial charge in [0.05, 0.1) is 7.11 Å². The maximum absolute atomic E-state index is 13.3. The zero-order chi connectivity index (χ0) is 17.8. The molecule has 1 saturated heterocycles. The highest BCUT2D eigenvalue weighted by molar-refractivity contribution is 5.95. The van der Waals surface area contributed by atoms with Gasteiger partial charge in [0.1, 0.15) is 5.82 Å². The standard InChI is InChI=1S/C19H21FN2O3/c1-25-18-8-7-13(10-17(18)23)19(24)22-9-3-6-16(12-22)21-15-5-2-4-14(20)11-15/h2,4-5,7-8,10-11,16,21,23H,3,6,9,12H2,1H3/t16-/m0/s1. The molecule has 132 valence electrons. The maximum Gasteiger partial charge on any atom is 0.254 e. The van der Waals surface area contributed by atoms with Crippen molar-refractivity contribution >= 4 is 11.6 Å². The molecule has 2 N–H and O–H groups in total. The van der Waals surface area contributed by atoms with Gasteiger partial charge in [-0.25, -0.2) is 4.39 Å². The summed E-state index contributed by atoms with van der Waals surface area (Å²) < 4.78 is 18.3. The van der Waals surface area contributed by atoms with Gasteiger partial charge in [0.15, 0.2) is 11.5 Å². The summed E-state index contributed by atoms with van der Waals surface area (Å²) >= 11 is 0. The van der Waals surface area contributed by atoms with Gasteiger partial charge in [0, 0.05) is 30.4 Å². The molecule has 3 rings (SSSR count). The molecule has 1 atom stereocenters. The van der Waals surface area contributed by atoms with Crippen LogP contribution in [0.25, 0.3) is 0 Å². The predicted molar refractivity (Wildman–Crippen MR) is 93.6 cm³/mol. The lowest BCUT2D eigenvalue weighted by Gasteiger charge is -2.33. The monoisotopic (exact) mass is 344 g/mol. The first-order chi connectivity index (χ1) is 12.1. The van der Waals surface area contributed by atoms with Crippen molar-refractivity contribution in [2.24, 2.45) is 0 Å². The number of piperidine rings is 1. The number of likely N-dealkylation sites (tertiary alicyclic amines) is 1. The molecule has 5 nitrogen and oxygen atoms in total. The zero-order valence-corrected chi connectivity index (χ0v) is 14.0. The van der Waals surface area contributed by atoms with E-state index in [1.165, 1.54) is 25.3 Å². The summed E-state index contributed by atoms with van der Waals surface area (Å²) in [6.07, 6.45) is 1.77. The summed E-state index contributed by atoms with van der Waals surface area (Å²) in [6.45, 7) is 1.19. The molecule has 0 aromatic heterocycles. The highest BCUT2D eigenvalue weighted by Crippen LogP contribution is 2.27. The van der Waals surface area contributed by atoms with Gasteiger partial charge in [-0.1, -0.05) is 6.07 Å². The van der Waals surface area contributed by atoms with Crippen molar-refractivity contribution in [3.05, 3.63) is 53.8 Å². The van der Waals surface area contributed by atoms with Crippen molar-refractivity contribution in [1.29, 1.82) is 0 Å². The van der Waals surface area contributed by atoms with Crippen molar-refractivity contribution in [3.63, 3.8) is 0 Å². The Bertz CT molecular complexity index is 766. The van der Waals surface area contributed by atoms with E-state index in [1.807, 2.05) is 6.07 Å². The molecule has 6 heteroatoms. The molecule has 0 unspecified atom stereocenters. The van der Waals surface area contributed by atoms with Crippen molar-refractivity contribution < 1.29 is 19.0 Å². The summed E-state index contributed by atoms with van der Waals surface area (Å²) in [5.74, 6) is -0.146. The van der Waals surface area contributed by atoms with Gasteiger partial charge in [-0.05, 0) is 49.2 Å². The van der Waals surface area contributed by atoms with E-state index in [0.717, 1.165) is 12.8 Å². The van der Waals surface area contributed by atoms with E-state index < -0.39 is 0 Å². The number of phenolic OH excluding ortho intramolecular Hbond substituents is 1. The molecule has 1 aliphatic heterocycles. The molecular formula is C19H21FN2O3. The summed E-state index contributed by atoms with van der Waals surface area (Å²) in [4.78, 5) is 14.4. The molecule has 0 aliphatic carbocycles. The third-order valence-corrected chi connectivity index (χ3v) is 4.33. The first-order valence-electron chi connectivity index (χ1n) is 8.25. The molecule has 2 aromatic rings. The Kier molecular flexibility index (Phi) is 5.07. The van der Waals surface area contributed by atoms with E-state index >= 15 is 0 Å². The number of benzene rings is 2. The van der Waals surface area contributed by atoms with Crippen LogP contribution in [0.5, 0.6) is 11.5 Å². The minimum Gasteiger partial charge on any atom is -0.504 e. The van der Waals surface area contributed by atoms with Crippen LogP contribution in [0, 0.1) is 5.82 Å². The average Bonchev–Trinajstić information content (AvgIpc) is 2.61. The Hall–Kier alpha value is -2.76. The lowest BCUT2D eigenvalue weighted by molar-refractivity contribution is 0.0714. The number of hydrogen-bond acceptors (Lipinski definition) is 4. The fourth-order valence-corrected chi connectivity index (χ4v) is 3.10. The van der Waals surface area contributed by atoms with Crippen molar-refractivity contribution in [2.45, 2.75) is 18.9 Å². The molecular weight excluding hydrogens is 323 g/mol. The number of rotatable bonds is 4. The molecule has 25 heavy (non-hydrogen) atoms. The molecule has 2 aromatic carbocycles. The number of halogens is 1. The van der Waals surface area contributed by atoms with Gasteiger partial charge in [-0.2, -0.15) is 0 Å². The average molecular weight is 344 g/mol. The second kappa shape index (κ2) is 7.42. The highest BCUT2D eigenvalue weighted by atomic mass is 19.1. The number of phenols is 1. The molecule has 0 radical (unpaired) electrons. The Labute approximate surface area is 146 Å². The highest BCUT2D eigenvalue weighted by Gasteiger charge is 2.25. The van der Waals surface area contributed by atoms with Gasteiger partial charge in [-0.15, -0.1) is 0 Å². The number of amides is 1. The SMILES string of the molecule is COc1ccc(C(=O)N2CCC[C@H](Nc3cccc(F)c3)C2)cc1O. The predicted octanol–water partition coefficient (Wildman–Crippen LogP) is 3.26. The van der Waals surface area contributed by atoms with Crippen LogP contribution >= 0.6 is 0 Å². The number of hydrogen-bond donors (Lipinski definition) is 2. The van der Waals surface area contributed by atoms with Gasteiger partial charge in [0.25, 0.3) is 5.91 Å². The number of anilines is 1. The van der Waals surface area contributed by atoms with Crippen LogP contribution in [0.3, 0.4) is 0 Å². The molecule has 0 bridgehead atoms. The van der Waals surface area contributed by atoms with Crippen molar-refractivity contribution in [3.8, 4) is 11.5 Å². The van der Waals surface area contributed by atoms with Crippen LogP contribution in [0.15, 0.2) is 42.5 Å². The van der Waals surface area contributed by atoms with Crippen LogP contribution in [0.2, 0.25) is 0 Å². The third-order valence-electron chi connectivity index (χ3n) is 4.33. The number of carbonyl (C=O) groups excluding carboxylic acids is 1. The smallest absolute Gasteiger partial charge is 0.254 e. The van der Waals surface area contributed by atoms with E-state index in [2.05, 4.69) is 5.32 Å². The van der Waals surface area contributed by atoms with Gasteiger partial charge in [0.2, 0.25) is 0 Å². The molecule has 0 spiro atoms. The Morgan fingerprint density at radius 3 is 2.88 bits per heavy atom. The summed E-state index contributed by atoms with van der Waals surface area (Å²) in [5, 5.41) is 13.2. The van der Waals surface area contributed by atoms with Crippen LogP contribution < -0.4 is 10.1 Å². The van der Waals surface area contributed by atoms with Crippen LogP contribution in [0.1, 0.15) is 23.2 Å². The number of aromatic hydroxyl groups is 1. The topological polar surface area (TPSA) is 61.8 Å². The van der Waals surface area contributed by atoms with Crippen molar-refractivity contribution in [1.82, 2.24) is 4.90 Å². The minimum absolute atomic E-state index is 0.0557. The molecule has 1 heterocycles. The molecule has 0 saturated carbocycles. The largest absolute Gasteiger partial charge is 0.504 e. The molecule has 1 fully saturated rings. The van der Waals surface area contributed by atoms with E-state index in [9.17, 15) is 14.3 Å². The van der Waals surface area contributed by atoms with Gasteiger partial charge >= 0.3 is 0 Å². The first-order valence-corrected chi connectivity index (χ1v) is 8.25. The number of methoxy groups -OCH3 is 1. The lowest BCUT2D eigenvalue weighted by Crippen LogP contribution is -2.45. The Balaban J connectivity index is 1.68. The molecule has 1 amide bonds. The van der Waals surface area contributed by atoms with Crippen molar-refractivity contribution in [2.75, 3.05) is 25.5 Å². The van der Waals surface area contributed by atoms with Gasteiger partial charge in [-0.3, -0.25) is 4.79 Å². The number of carbonyl (C=O) groups is 1. The zero-order valence-electron chi connectivity index (χ0n) is 14.0. The fourth-order valence-electron chi connectivity index (χ4n) is 3.10. The van der Waals surface area contributed by atoms with E-state index in [1.54, 1.807) is 23.1 Å². The van der Waals surface area contributed by atoms with E-state index in [0.29, 0.717) is 30.1 Å². The van der Waals surface area contributed by atoms with Crippen LogP contribution in [-0.2, 0) is 0 Å². The van der Waals surface area contributed by atoms with Crippen LogP contribution in [0.4, 0.5) is 10.1 Å². The minimum atomic E-state index is -0.289. The number of ether oxygens (including phenoxy) is 1. The number of nitrogens with one attached hydrogen (secondary N) is 1. The molecule has 1 aliphatic rings. The number of nitrogens with zero attached hydrogens (tertiary/aromatic N) is 1. The summed E-state index contributed by atoms with van der Waals surface area (Å²) in [7, 11) is 1.46. The lowest BCUT2D eigenvalue weighted by atomic mass is 10.0.